The van der Waals surface area contributed by atoms with E-state index in [9.17, 15) is 4.79 Å². The standard InChI is InChI=1S/C15H27N3O/c16-12-15(4-1-5-15)10-14(19)18-8-6-17(7-9-18)11-13-2-3-13/h13H,1-12,16H2. The number of amides is 1. The van der Waals surface area contributed by atoms with Crippen LogP contribution < -0.4 is 5.73 Å². The second kappa shape index (κ2) is 5.41. The summed E-state index contributed by atoms with van der Waals surface area (Å²) in [6.07, 6.45) is 7.07. The number of hydrogen-bond donors (Lipinski definition) is 1. The van der Waals surface area contributed by atoms with Crippen LogP contribution in [0.1, 0.15) is 38.5 Å². The SMILES string of the molecule is NCC1(CC(=O)N2CCN(CC3CC3)CC2)CCC1. The van der Waals surface area contributed by atoms with Gasteiger partial charge in [0.1, 0.15) is 0 Å². The van der Waals surface area contributed by atoms with Crippen molar-refractivity contribution >= 4 is 5.91 Å². The molecule has 1 heterocycles. The fourth-order valence-corrected chi connectivity index (χ4v) is 3.41. The zero-order valence-corrected chi connectivity index (χ0v) is 11.9. The molecule has 1 amide bonds. The average Bonchev–Trinajstić information content (AvgIpc) is 3.18. The topological polar surface area (TPSA) is 49.6 Å². The van der Waals surface area contributed by atoms with Gasteiger partial charge in [0.2, 0.25) is 5.91 Å². The number of hydrogen-bond acceptors (Lipinski definition) is 3. The predicted octanol–water partition coefficient (Wildman–Crippen LogP) is 1.06. The van der Waals surface area contributed by atoms with E-state index in [4.69, 9.17) is 5.73 Å². The third kappa shape index (κ3) is 3.11. The molecule has 0 radical (unpaired) electrons. The maximum absolute atomic E-state index is 12.4. The highest BCUT2D eigenvalue weighted by atomic mass is 16.2. The lowest BCUT2D eigenvalue weighted by atomic mass is 9.66. The van der Waals surface area contributed by atoms with Gasteiger partial charge in [-0.15, -0.1) is 0 Å². The summed E-state index contributed by atoms with van der Waals surface area (Å²) in [5.41, 5.74) is 6.01. The Kier molecular flexibility index (Phi) is 3.81. The molecule has 0 spiro atoms. The van der Waals surface area contributed by atoms with Crippen molar-refractivity contribution in [3.63, 3.8) is 0 Å². The number of carbonyl (C=O) groups excluding carboxylic acids is 1. The minimum Gasteiger partial charge on any atom is -0.340 e. The summed E-state index contributed by atoms with van der Waals surface area (Å²) >= 11 is 0. The van der Waals surface area contributed by atoms with Crippen LogP contribution in [0.4, 0.5) is 0 Å². The van der Waals surface area contributed by atoms with Crippen LogP contribution >= 0.6 is 0 Å². The van der Waals surface area contributed by atoms with Gasteiger partial charge in [0.15, 0.2) is 0 Å². The zero-order valence-electron chi connectivity index (χ0n) is 11.9. The largest absolute Gasteiger partial charge is 0.340 e. The van der Waals surface area contributed by atoms with Crippen molar-refractivity contribution in [2.45, 2.75) is 38.5 Å². The van der Waals surface area contributed by atoms with Crippen LogP contribution in [0.3, 0.4) is 0 Å². The lowest BCUT2D eigenvalue weighted by Crippen LogP contribution is -2.51. The minimum absolute atomic E-state index is 0.155. The molecule has 3 aliphatic rings. The van der Waals surface area contributed by atoms with Crippen LogP contribution in [0.15, 0.2) is 0 Å². The third-order valence-electron chi connectivity index (χ3n) is 5.31. The molecule has 0 unspecified atom stereocenters. The van der Waals surface area contributed by atoms with Crippen LogP contribution in [-0.4, -0.2) is 55.0 Å². The van der Waals surface area contributed by atoms with Gasteiger partial charge in [-0.1, -0.05) is 6.42 Å². The van der Waals surface area contributed by atoms with E-state index in [-0.39, 0.29) is 5.41 Å². The Morgan fingerprint density at radius 3 is 2.32 bits per heavy atom. The lowest BCUT2D eigenvalue weighted by molar-refractivity contribution is -0.136. The first-order chi connectivity index (χ1) is 9.21. The van der Waals surface area contributed by atoms with E-state index in [1.54, 1.807) is 0 Å². The van der Waals surface area contributed by atoms with Gasteiger partial charge in [-0.2, -0.15) is 0 Å². The third-order valence-corrected chi connectivity index (χ3v) is 5.31. The first kappa shape index (κ1) is 13.4. The van der Waals surface area contributed by atoms with Gasteiger partial charge < -0.3 is 10.6 Å². The van der Waals surface area contributed by atoms with E-state index in [0.29, 0.717) is 18.9 Å². The molecule has 0 aromatic heterocycles. The fraction of sp³-hybridized carbons (Fsp3) is 0.933. The molecule has 0 atom stereocenters. The minimum atomic E-state index is 0.155. The first-order valence-corrected chi connectivity index (χ1v) is 7.91. The van der Waals surface area contributed by atoms with Crippen molar-refractivity contribution in [1.82, 2.24) is 9.80 Å². The molecule has 0 bridgehead atoms. The Morgan fingerprint density at radius 1 is 1.16 bits per heavy atom. The Hall–Kier alpha value is -0.610. The van der Waals surface area contributed by atoms with E-state index in [0.717, 1.165) is 44.9 Å². The number of rotatable bonds is 5. The van der Waals surface area contributed by atoms with Gasteiger partial charge in [-0.25, -0.2) is 0 Å². The molecule has 4 heteroatoms. The van der Waals surface area contributed by atoms with E-state index in [1.165, 1.54) is 25.8 Å². The Morgan fingerprint density at radius 2 is 1.84 bits per heavy atom. The molecule has 2 aliphatic carbocycles. The average molecular weight is 265 g/mol. The summed E-state index contributed by atoms with van der Waals surface area (Å²) in [6.45, 7) is 5.92. The molecule has 0 aromatic rings. The molecular weight excluding hydrogens is 238 g/mol. The van der Waals surface area contributed by atoms with E-state index >= 15 is 0 Å². The van der Waals surface area contributed by atoms with E-state index in [1.807, 2.05) is 0 Å². The van der Waals surface area contributed by atoms with Gasteiger partial charge >= 0.3 is 0 Å². The number of nitrogens with zero attached hydrogens (tertiary/aromatic N) is 2. The molecule has 108 valence electrons. The highest BCUT2D eigenvalue weighted by molar-refractivity contribution is 5.77. The van der Waals surface area contributed by atoms with Crippen molar-refractivity contribution in [2.75, 3.05) is 39.3 Å². The molecule has 3 fully saturated rings. The van der Waals surface area contributed by atoms with Gasteiger partial charge in [0.25, 0.3) is 0 Å². The van der Waals surface area contributed by atoms with Gasteiger partial charge in [0, 0.05) is 39.1 Å². The summed E-state index contributed by atoms with van der Waals surface area (Å²) in [5, 5.41) is 0. The molecule has 3 rings (SSSR count). The summed E-state index contributed by atoms with van der Waals surface area (Å²) in [4.78, 5) is 17.0. The molecule has 2 N–H and O–H groups in total. The van der Waals surface area contributed by atoms with Crippen molar-refractivity contribution in [1.29, 1.82) is 0 Å². The van der Waals surface area contributed by atoms with Crippen LogP contribution in [-0.2, 0) is 4.79 Å². The number of nitrogens with two attached hydrogens (primary N) is 1. The monoisotopic (exact) mass is 265 g/mol. The molecule has 4 nitrogen and oxygen atoms in total. The quantitative estimate of drug-likeness (QED) is 0.808. The van der Waals surface area contributed by atoms with E-state index in [2.05, 4.69) is 9.80 Å². The molecule has 1 aliphatic heterocycles. The summed E-state index contributed by atoms with van der Waals surface area (Å²) in [5.74, 6) is 1.30. The second-order valence-corrected chi connectivity index (χ2v) is 6.86. The van der Waals surface area contributed by atoms with Crippen LogP contribution in [0.5, 0.6) is 0 Å². The number of carbonyl (C=O) groups is 1. The predicted molar refractivity (Wildman–Crippen MR) is 75.7 cm³/mol. The van der Waals surface area contributed by atoms with Crippen molar-refractivity contribution < 1.29 is 4.79 Å². The molecule has 2 saturated carbocycles. The van der Waals surface area contributed by atoms with Crippen LogP contribution in [0.25, 0.3) is 0 Å². The Balaban J connectivity index is 1.43. The van der Waals surface area contributed by atoms with Crippen molar-refractivity contribution in [3.05, 3.63) is 0 Å². The van der Waals surface area contributed by atoms with E-state index < -0.39 is 0 Å². The van der Waals surface area contributed by atoms with Gasteiger partial charge in [-0.3, -0.25) is 9.69 Å². The molecule has 1 saturated heterocycles. The van der Waals surface area contributed by atoms with Crippen molar-refractivity contribution in [2.24, 2.45) is 17.1 Å². The smallest absolute Gasteiger partial charge is 0.223 e. The zero-order chi connectivity index (χ0) is 13.3. The van der Waals surface area contributed by atoms with Crippen LogP contribution in [0, 0.1) is 11.3 Å². The Bertz CT molecular complexity index is 323. The molecular formula is C15H27N3O. The normalized spacial score (nSPS) is 27.1. The maximum atomic E-state index is 12.4. The summed E-state index contributed by atoms with van der Waals surface area (Å²) in [7, 11) is 0. The molecule has 0 aromatic carbocycles. The second-order valence-electron chi connectivity index (χ2n) is 6.86. The van der Waals surface area contributed by atoms with Crippen molar-refractivity contribution in [3.8, 4) is 0 Å². The van der Waals surface area contributed by atoms with Gasteiger partial charge in [-0.05, 0) is 43.6 Å². The maximum Gasteiger partial charge on any atom is 0.223 e. The highest BCUT2D eigenvalue weighted by Gasteiger charge is 2.39. The number of piperazine rings is 1. The van der Waals surface area contributed by atoms with Gasteiger partial charge in [0.05, 0.1) is 0 Å². The highest BCUT2D eigenvalue weighted by Crippen LogP contribution is 2.43. The summed E-state index contributed by atoms with van der Waals surface area (Å²) < 4.78 is 0. The van der Waals surface area contributed by atoms with Crippen LogP contribution in [0.2, 0.25) is 0 Å². The Labute approximate surface area is 116 Å². The lowest BCUT2D eigenvalue weighted by Gasteiger charge is -2.43. The molecule has 19 heavy (non-hydrogen) atoms. The summed E-state index contributed by atoms with van der Waals surface area (Å²) in [6, 6.07) is 0. The first-order valence-electron chi connectivity index (χ1n) is 7.91. The fourth-order valence-electron chi connectivity index (χ4n) is 3.41.